The molecule has 10 heteroatoms. The number of fused-ring (bicyclic) bond motifs is 1. The molecule has 0 radical (unpaired) electrons. The lowest BCUT2D eigenvalue weighted by Crippen LogP contribution is -2.06. The number of hydrogen-bond acceptors (Lipinski definition) is 9. The fraction of sp³-hybridized carbons (Fsp3) is 0.0952. The van der Waals surface area contributed by atoms with Crippen LogP contribution in [0.3, 0.4) is 0 Å². The zero-order chi connectivity index (χ0) is 21.8. The van der Waals surface area contributed by atoms with Gasteiger partial charge in [0.05, 0.1) is 30.3 Å². The highest BCUT2D eigenvalue weighted by Gasteiger charge is 2.24. The fourth-order valence-electron chi connectivity index (χ4n) is 3.11. The summed E-state index contributed by atoms with van der Waals surface area (Å²) >= 11 is 0. The number of benzene rings is 2. The molecule has 2 N–H and O–H groups in total. The van der Waals surface area contributed by atoms with Gasteiger partial charge in [0, 0.05) is 23.3 Å². The second kappa shape index (κ2) is 8.49. The molecule has 10 nitrogen and oxygen atoms in total. The van der Waals surface area contributed by atoms with Gasteiger partial charge in [0.25, 0.3) is 0 Å². The summed E-state index contributed by atoms with van der Waals surface area (Å²) in [4.78, 5) is 23.9. The van der Waals surface area contributed by atoms with E-state index in [-0.39, 0.29) is 17.3 Å². The predicted octanol–water partition coefficient (Wildman–Crippen LogP) is 4.44. The quantitative estimate of drug-likeness (QED) is 0.331. The van der Waals surface area contributed by atoms with Gasteiger partial charge in [0.1, 0.15) is 17.8 Å². The SMILES string of the molecule is COc1ccc(OC)c(Nc2ncnc(Nc3cccc4ncccc34)c2[N+](=O)[O-])c1. The number of hydrogen-bond donors (Lipinski definition) is 2. The van der Waals surface area contributed by atoms with Gasteiger partial charge in [-0.05, 0) is 36.4 Å². The van der Waals surface area contributed by atoms with Crippen molar-refractivity contribution in [3.05, 3.63) is 71.2 Å². The number of nitrogens with zero attached hydrogens (tertiary/aromatic N) is 4. The van der Waals surface area contributed by atoms with Gasteiger partial charge < -0.3 is 20.1 Å². The molecule has 0 spiro atoms. The molecule has 0 bridgehead atoms. The van der Waals surface area contributed by atoms with Crippen molar-refractivity contribution in [1.29, 1.82) is 0 Å². The van der Waals surface area contributed by atoms with Gasteiger partial charge in [0.15, 0.2) is 0 Å². The molecule has 4 aromatic rings. The Kier molecular flexibility index (Phi) is 5.43. The van der Waals surface area contributed by atoms with E-state index in [1.807, 2.05) is 18.2 Å². The lowest BCUT2D eigenvalue weighted by Gasteiger charge is -2.14. The Morgan fingerprint density at radius 2 is 1.68 bits per heavy atom. The van der Waals surface area contributed by atoms with Crippen molar-refractivity contribution in [2.45, 2.75) is 0 Å². The monoisotopic (exact) mass is 418 g/mol. The first-order chi connectivity index (χ1) is 15.1. The number of nitrogens with one attached hydrogen (secondary N) is 2. The van der Waals surface area contributed by atoms with Crippen molar-refractivity contribution < 1.29 is 14.4 Å². The van der Waals surface area contributed by atoms with Crippen LogP contribution in [0.25, 0.3) is 10.9 Å². The zero-order valence-corrected chi connectivity index (χ0v) is 16.7. The zero-order valence-electron chi connectivity index (χ0n) is 16.7. The molecule has 0 saturated carbocycles. The van der Waals surface area contributed by atoms with Gasteiger partial charge in [-0.1, -0.05) is 6.07 Å². The third kappa shape index (κ3) is 3.99. The number of rotatable bonds is 7. The van der Waals surface area contributed by atoms with E-state index in [0.29, 0.717) is 22.9 Å². The minimum Gasteiger partial charge on any atom is -0.497 e. The summed E-state index contributed by atoms with van der Waals surface area (Å²) in [7, 11) is 3.03. The second-order valence-corrected chi connectivity index (χ2v) is 6.37. The maximum absolute atomic E-state index is 11.9. The van der Waals surface area contributed by atoms with Crippen molar-refractivity contribution >= 4 is 39.6 Å². The van der Waals surface area contributed by atoms with Gasteiger partial charge in [-0.25, -0.2) is 9.97 Å². The van der Waals surface area contributed by atoms with Crippen LogP contribution in [0.4, 0.5) is 28.7 Å². The van der Waals surface area contributed by atoms with E-state index in [2.05, 4.69) is 25.6 Å². The molecule has 0 aliphatic heterocycles. The summed E-state index contributed by atoms with van der Waals surface area (Å²) < 4.78 is 10.6. The molecule has 2 heterocycles. The smallest absolute Gasteiger partial charge is 0.353 e. The summed E-state index contributed by atoms with van der Waals surface area (Å²) in [6.07, 6.45) is 2.93. The molecule has 0 fully saturated rings. The summed E-state index contributed by atoms with van der Waals surface area (Å²) in [5, 5.41) is 18.8. The highest BCUT2D eigenvalue weighted by molar-refractivity contribution is 5.94. The van der Waals surface area contributed by atoms with E-state index in [1.165, 1.54) is 20.5 Å². The molecular formula is C21H18N6O4. The molecular weight excluding hydrogens is 400 g/mol. The average Bonchev–Trinajstić information content (AvgIpc) is 2.79. The molecule has 31 heavy (non-hydrogen) atoms. The first kappa shape index (κ1) is 19.8. The minimum atomic E-state index is -0.541. The Morgan fingerprint density at radius 1 is 0.903 bits per heavy atom. The maximum Gasteiger partial charge on any atom is 0.353 e. The minimum absolute atomic E-state index is 0.00687. The van der Waals surface area contributed by atoms with Crippen LogP contribution < -0.4 is 20.1 Å². The predicted molar refractivity (Wildman–Crippen MR) is 117 cm³/mol. The van der Waals surface area contributed by atoms with Gasteiger partial charge in [0.2, 0.25) is 11.6 Å². The molecule has 0 amide bonds. The van der Waals surface area contributed by atoms with Crippen LogP contribution in [0.15, 0.2) is 61.1 Å². The topological polar surface area (TPSA) is 124 Å². The Bertz CT molecular complexity index is 1260. The Labute approximate surface area is 177 Å². The number of aromatic nitrogens is 3. The molecule has 0 atom stereocenters. The molecule has 2 aromatic carbocycles. The number of pyridine rings is 1. The Morgan fingerprint density at radius 3 is 2.39 bits per heavy atom. The van der Waals surface area contributed by atoms with Crippen molar-refractivity contribution in [1.82, 2.24) is 15.0 Å². The summed E-state index contributed by atoms with van der Waals surface area (Å²) in [5.74, 6) is 1.08. The lowest BCUT2D eigenvalue weighted by atomic mass is 10.2. The number of anilines is 4. The van der Waals surface area contributed by atoms with Crippen molar-refractivity contribution in [2.75, 3.05) is 24.9 Å². The van der Waals surface area contributed by atoms with Gasteiger partial charge in [-0.15, -0.1) is 0 Å². The summed E-state index contributed by atoms with van der Waals surface area (Å²) in [6.45, 7) is 0. The van der Waals surface area contributed by atoms with Crippen LogP contribution in [-0.2, 0) is 0 Å². The van der Waals surface area contributed by atoms with Gasteiger partial charge in [-0.3, -0.25) is 15.1 Å². The molecule has 0 saturated heterocycles. The molecule has 4 rings (SSSR count). The first-order valence-electron chi connectivity index (χ1n) is 9.20. The van der Waals surface area contributed by atoms with Gasteiger partial charge in [-0.2, -0.15) is 0 Å². The number of ether oxygens (including phenoxy) is 2. The highest BCUT2D eigenvalue weighted by Crippen LogP contribution is 2.37. The molecule has 0 aliphatic carbocycles. The standard InChI is InChI=1S/C21H18N6O4/c1-30-13-8-9-18(31-2)17(11-13)26-21-19(27(28)29)20(23-12-24-21)25-16-7-3-6-15-14(16)5-4-10-22-15/h3-12H,1-2H3,(H2,23,24,25,26). The van der Waals surface area contributed by atoms with Crippen LogP contribution in [0.1, 0.15) is 0 Å². The van der Waals surface area contributed by atoms with Crippen molar-refractivity contribution in [3.63, 3.8) is 0 Å². The maximum atomic E-state index is 11.9. The van der Waals surface area contributed by atoms with E-state index in [1.54, 1.807) is 36.5 Å². The summed E-state index contributed by atoms with van der Waals surface area (Å²) in [6, 6.07) is 14.2. The third-order valence-electron chi connectivity index (χ3n) is 4.56. The number of methoxy groups -OCH3 is 2. The average molecular weight is 418 g/mol. The van der Waals surface area contributed by atoms with E-state index in [9.17, 15) is 10.1 Å². The van der Waals surface area contributed by atoms with Crippen LogP contribution >= 0.6 is 0 Å². The Hall–Kier alpha value is -4.47. The highest BCUT2D eigenvalue weighted by atomic mass is 16.6. The largest absolute Gasteiger partial charge is 0.497 e. The molecule has 0 unspecified atom stereocenters. The Balaban J connectivity index is 1.77. The normalized spacial score (nSPS) is 10.5. The molecule has 0 aliphatic rings. The van der Waals surface area contributed by atoms with Crippen LogP contribution in [-0.4, -0.2) is 34.1 Å². The van der Waals surface area contributed by atoms with Crippen LogP contribution in [0.2, 0.25) is 0 Å². The molecule has 156 valence electrons. The fourth-order valence-corrected chi connectivity index (χ4v) is 3.11. The van der Waals surface area contributed by atoms with E-state index in [0.717, 1.165) is 10.9 Å². The lowest BCUT2D eigenvalue weighted by molar-refractivity contribution is -0.383. The van der Waals surface area contributed by atoms with Crippen LogP contribution in [0.5, 0.6) is 11.5 Å². The van der Waals surface area contributed by atoms with Gasteiger partial charge >= 0.3 is 5.69 Å². The number of nitro groups is 1. The van der Waals surface area contributed by atoms with Crippen molar-refractivity contribution in [3.8, 4) is 11.5 Å². The van der Waals surface area contributed by atoms with E-state index < -0.39 is 4.92 Å². The van der Waals surface area contributed by atoms with Crippen LogP contribution in [0, 0.1) is 10.1 Å². The van der Waals surface area contributed by atoms with Crippen molar-refractivity contribution in [2.24, 2.45) is 0 Å². The molecule has 2 aromatic heterocycles. The van der Waals surface area contributed by atoms with E-state index in [4.69, 9.17) is 9.47 Å². The first-order valence-corrected chi connectivity index (χ1v) is 9.20. The summed E-state index contributed by atoms with van der Waals surface area (Å²) in [5.41, 5.74) is 1.54. The second-order valence-electron chi connectivity index (χ2n) is 6.37. The van der Waals surface area contributed by atoms with E-state index >= 15 is 0 Å². The third-order valence-corrected chi connectivity index (χ3v) is 4.56.